The van der Waals surface area contributed by atoms with Gasteiger partial charge in [-0.15, -0.1) is 0 Å². The summed E-state index contributed by atoms with van der Waals surface area (Å²) in [5.74, 6) is 0.441. The molecule has 2 aromatic heterocycles. The zero-order valence-electron chi connectivity index (χ0n) is 9.90. The van der Waals surface area contributed by atoms with Crippen LogP contribution in [0.3, 0.4) is 0 Å². The van der Waals surface area contributed by atoms with Gasteiger partial charge in [0.2, 0.25) is 7.59 Å². The lowest BCUT2D eigenvalue weighted by atomic mass is 10.4. The number of nitrogens with zero attached hydrogens (tertiary/aromatic N) is 3. The lowest BCUT2D eigenvalue weighted by Gasteiger charge is -2.14. The van der Waals surface area contributed by atoms with Crippen molar-refractivity contribution in [2.75, 3.05) is 0 Å². The number of hydrogen-bond acceptors (Lipinski definition) is 4. The Labute approximate surface area is 150 Å². The van der Waals surface area contributed by atoms with Crippen molar-refractivity contribution in [3.63, 3.8) is 0 Å². The van der Waals surface area contributed by atoms with Gasteiger partial charge in [0.05, 0.1) is 6.26 Å². The van der Waals surface area contributed by atoms with Crippen molar-refractivity contribution in [1.82, 2.24) is 15.0 Å². The van der Waals surface area contributed by atoms with Crippen LogP contribution < -0.4 is 0 Å². The summed E-state index contributed by atoms with van der Waals surface area (Å²) >= 11 is 34.6. The first-order valence-electron chi connectivity index (χ1n) is 5.28. The van der Waals surface area contributed by atoms with Crippen LogP contribution in [0.1, 0.15) is 23.2 Å². The van der Waals surface area contributed by atoms with E-state index < -0.39 is 7.59 Å². The lowest BCUT2D eigenvalue weighted by Crippen LogP contribution is -2.16. The molecule has 0 aliphatic rings. The summed E-state index contributed by atoms with van der Waals surface area (Å²) in [5, 5.41) is 0. The van der Waals surface area contributed by atoms with Crippen molar-refractivity contribution in [3.05, 3.63) is 41.6 Å². The average molecular weight is 408 g/mol. The highest BCUT2D eigenvalue weighted by Gasteiger charge is 2.33. The van der Waals surface area contributed by atoms with Crippen LogP contribution in [0.5, 0.6) is 0 Å². The van der Waals surface area contributed by atoms with Crippen molar-refractivity contribution in [1.29, 1.82) is 0 Å². The van der Waals surface area contributed by atoms with Crippen LogP contribution in [0.4, 0.5) is 0 Å². The maximum Gasteiger partial charge on any atom is 0.250 e. The molecule has 2 heterocycles. The van der Waals surface area contributed by atoms with E-state index in [1.165, 1.54) is 12.3 Å². The highest BCUT2D eigenvalue weighted by atomic mass is 35.6. The highest BCUT2D eigenvalue weighted by molar-refractivity contribution is 6.67. The molecule has 0 atom stereocenters. The van der Waals surface area contributed by atoms with Crippen LogP contribution in [0.2, 0.25) is 0 Å². The topological polar surface area (TPSA) is 51.8 Å². The largest absolute Gasteiger partial charge is 0.465 e. The number of halogens is 6. The molecule has 21 heavy (non-hydrogen) atoms. The fourth-order valence-electron chi connectivity index (χ4n) is 1.26. The Morgan fingerprint density at radius 2 is 1.43 bits per heavy atom. The van der Waals surface area contributed by atoms with Gasteiger partial charge >= 0.3 is 0 Å². The molecule has 0 radical (unpaired) electrons. The first kappa shape index (κ1) is 17.1. The first-order valence-corrected chi connectivity index (χ1v) is 7.55. The van der Waals surface area contributed by atoms with Gasteiger partial charge in [-0.3, -0.25) is 0 Å². The maximum absolute atomic E-state index is 5.76. The Hall–Kier alpha value is -0.230. The molecule has 0 spiro atoms. The third kappa shape index (κ3) is 4.88. The summed E-state index contributed by atoms with van der Waals surface area (Å²) in [7, 11) is 0. The summed E-state index contributed by atoms with van der Waals surface area (Å²) in [5.41, 5.74) is 0. The van der Waals surface area contributed by atoms with Crippen LogP contribution in [-0.2, 0) is 7.59 Å². The lowest BCUT2D eigenvalue weighted by molar-refractivity contribution is 0.557. The normalized spacial score (nSPS) is 13.0. The van der Waals surface area contributed by atoms with E-state index in [0.717, 1.165) is 0 Å². The summed E-state index contributed by atoms with van der Waals surface area (Å²) in [6.45, 7) is 0. The Kier molecular flexibility index (Phi) is 5.29. The summed E-state index contributed by atoms with van der Waals surface area (Å²) in [6.07, 6.45) is 4.65. The van der Waals surface area contributed by atoms with Crippen LogP contribution in [-0.4, -0.2) is 15.0 Å². The van der Waals surface area contributed by atoms with Crippen molar-refractivity contribution in [2.45, 2.75) is 7.59 Å². The minimum Gasteiger partial charge on any atom is -0.465 e. The highest BCUT2D eigenvalue weighted by Crippen LogP contribution is 2.39. The minimum atomic E-state index is -1.87. The van der Waals surface area contributed by atoms with E-state index in [1.54, 1.807) is 18.2 Å². The maximum atomic E-state index is 5.76. The second kappa shape index (κ2) is 6.49. The molecule has 2 rings (SSSR count). The zero-order chi connectivity index (χ0) is 15.7. The quantitative estimate of drug-likeness (QED) is 0.635. The van der Waals surface area contributed by atoms with E-state index in [1.807, 2.05) is 0 Å². The molecule has 112 valence electrons. The Morgan fingerprint density at radius 3 is 1.86 bits per heavy atom. The Morgan fingerprint density at radius 1 is 0.857 bits per heavy atom. The molecular formula is C11H5Cl6N3O. The van der Waals surface area contributed by atoms with Gasteiger partial charge in [-0.05, 0) is 24.3 Å². The molecule has 0 N–H and O–H groups in total. The number of hydrogen-bond donors (Lipinski definition) is 0. The van der Waals surface area contributed by atoms with E-state index in [-0.39, 0.29) is 17.5 Å². The zero-order valence-corrected chi connectivity index (χ0v) is 14.4. The van der Waals surface area contributed by atoms with Crippen molar-refractivity contribution < 1.29 is 4.42 Å². The Balaban J connectivity index is 2.45. The van der Waals surface area contributed by atoms with Gasteiger partial charge < -0.3 is 4.42 Å². The van der Waals surface area contributed by atoms with Crippen molar-refractivity contribution in [2.24, 2.45) is 0 Å². The summed E-state index contributed by atoms with van der Waals surface area (Å²) in [4.78, 5) is 11.8. The van der Waals surface area contributed by atoms with E-state index >= 15 is 0 Å². The number of alkyl halides is 6. The van der Waals surface area contributed by atoms with Crippen LogP contribution in [0.25, 0.3) is 12.2 Å². The molecule has 10 heteroatoms. The molecule has 0 aromatic carbocycles. The second-order valence-electron chi connectivity index (χ2n) is 3.69. The second-order valence-corrected chi connectivity index (χ2v) is 8.25. The average Bonchev–Trinajstić information content (AvgIpc) is 2.87. The number of furan rings is 1. The smallest absolute Gasteiger partial charge is 0.250 e. The summed E-state index contributed by atoms with van der Waals surface area (Å²) in [6, 6.07) is 3.47. The molecule has 0 saturated heterocycles. The number of aromatic nitrogens is 3. The molecule has 0 bridgehead atoms. The first-order chi connectivity index (χ1) is 9.66. The van der Waals surface area contributed by atoms with Gasteiger partial charge in [0, 0.05) is 0 Å². The summed E-state index contributed by atoms with van der Waals surface area (Å²) < 4.78 is 1.39. The van der Waals surface area contributed by atoms with E-state index in [9.17, 15) is 0 Å². The van der Waals surface area contributed by atoms with Gasteiger partial charge in [-0.25, -0.2) is 15.0 Å². The standard InChI is InChI=1S/C11H5Cl6N3O/c12-10(13,14)8-18-7(4-3-6-2-1-5-21-6)19-9(20-8)11(15,16)17/h1-5H. The van der Waals surface area contributed by atoms with Crippen molar-refractivity contribution >= 4 is 81.8 Å². The Bertz CT molecular complexity index is 613. The van der Waals surface area contributed by atoms with E-state index in [2.05, 4.69) is 15.0 Å². The molecule has 0 unspecified atom stereocenters. The third-order valence-electron chi connectivity index (χ3n) is 2.10. The molecule has 0 saturated carbocycles. The monoisotopic (exact) mass is 405 g/mol. The fraction of sp³-hybridized carbons (Fsp3) is 0.182. The molecule has 0 fully saturated rings. The molecular weight excluding hydrogens is 403 g/mol. The van der Waals surface area contributed by atoms with Gasteiger partial charge in [-0.1, -0.05) is 69.6 Å². The van der Waals surface area contributed by atoms with Crippen LogP contribution >= 0.6 is 69.6 Å². The molecule has 0 amide bonds. The van der Waals surface area contributed by atoms with Gasteiger partial charge in [-0.2, -0.15) is 0 Å². The SMILES string of the molecule is ClC(Cl)(Cl)c1nc(C=Cc2ccco2)nc(C(Cl)(Cl)Cl)n1. The molecule has 2 aromatic rings. The predicted molar refractivity (Wildman–Crippen MR) is 85.9 cm³/mol. The minimum absolute atomic E-state index is 0.150. The fourth-order valence-corrected chi connectivity index (χ4v) is 1.77. The van der Waals surface area contributed by atoms with Crippen LogP contribution in [0.15, 0.2) is 22.8 Å². The van der Waals surface area contributed by atoms with Gasteiger partial charge in [0.15, 0.2) is 17.5 Å². The van der Waals surface area contributed by atoms with E-state index in [0.29, 0.717) is 5.76 Å². The van der Waals surface area contributed by atoms with E-state index in [4.69, 9.17) is 74.0 Å². The third-order valence-corrected chi connectivity index (χ3v) is 3.11. The molecule has 0 aliphatic carbocycles. The predicted octanol–water partition coefficient (Wildman–Crippen LogP) is 5.29. The van der Waals surface area contributed by atoms with Gasteiger partial charge in [0.1, 0.15) is 5.76 Å². The van der Waals surface area contributed by atoms with Gasteiger partial charge in [0.25, 0.3) is 0 Å². The molecule has 4 nitrogen and oxygen atoms in total. The van der Waals surface area contributed by atoms with Crippen molar-refractivity contribution in [3.8, 4) is 0 Å². The number of rotatable bonds is 2. The molecule has 0 aliphatic heterocycles. The van der Waals surface area contributed by atoms with Crippen LogP contribution in [0, 0.1) is 0 Å².